The Balaban J connectivity index is 4.59. The van der Waals surface area contributed by atoms with Crippen LogP contribution in [0.3, 0.4) is 0 Å². The summed E-state index contributed by atoms with van der Waals surface area (Å²) in [6.45, 7) is -3.56. The Morgan fingerprint density at radius 1 is 1.75 bits per heavy atom. The first kappa shape index (κ1) is 2.47. The Labute approximate surface area is 65.1 Å². The summed E-state index contributed by atoms with van der Waals surface area (Å²) in [5, 5.41) is 0. The summed E-state index contributed by atoms with van der Waals surface area (Å²) in [7, 11) is 0. The summed E-state index contributed by atoms with van der Waals surface area (Å²) in [5.74, 6) is 0.0698. The molecule has 0 N–H and O–H groups in total. The van der Waals surface area contributed by atoms with E-state index in [9.17, 15) is 0 Å². The highest BCUT2D eigenvalue weighted by molar-refractivity contribution is 6.18. The lowest BCUT2D eigenvalue weighted by atomic mass is 10.2. The van der Waals surface area contributed by atoms with Crippen molar-refractivity contribution < 1.29 is 8.22 Å². The van der Waals surface area contributed by atoms with Crippen molar-refractivity contribution in [2.24, 2.45) is 5.92 Å². The van der Waals surface area contributed by atoms with Crippen molar-refractivity contribution in [3.63, 3.8) is 0 Å². The molecule has 0 aliphatic rings. The van der Waals surface area contributed by atoms with Gasteiger partial charge in [-0.05, 0) is 19.9 Å². The molecule has 0 saturated heterocycles. The zero-order valence-electron chi connectivity index (χ0n) is 10.8. The lowest BCUT2D eigenvalue weighted by molar-refractivity contribution is 0.356. The minimum absolute atomic E-state index is 0.0590. The number of hydrogen-bond donors (Lipinski definition) is 0. The van der Waals surface area contributed by atoms with Crippen LogP contribution in [0.4, 0.5) is 0 Å². The summed E-state index contributed by atoms with van der Waals surface area (Å²) in [6, 6.07) is 0. The number of alkyl halides is 1. The highest BCUT2D eigenvalue weighted by Crippen LogP contribution is 1.97. The molecule has 0 aliphatic heterocycles. The zero-order chi connectivity index (χ0) is 11.6. The van der Waals surface area contributed by atoms with Crippen LogP contribution >= 0.6 is 11.6 Å². The largest absolute Gasteiger partial charge is 0.309 e. The van der Waals surface area contributed by atoms with E-state index in [0.29, 0.717) is 4.90 Å². The molecule has 0 amide bonds. The van der Waals surface area contributed by atoms with Crippen LogP contribution in [0.25, 0.3) is 0 Å². The molecule has 0 aliphatic carbocycles. The molecule has 0 radical (unpaired) electrons. The molecular formula is C6H14ClN. The van der Waals surface area contributed by atoms with E-state index in [4.69, 9.17) is 19.8 Å². The van der Waals surface area contributed by atoms with Crippen molar-refractivity contribution in [2.75, 3.05) is 26.4 Å². The summed E-state index contributed by atoms with van der Waals surface area (Å²) in [5.41, 5.74) is 0. The van der Waals surface area contributed by atoms with Crippen molar-refractivity contribution >= 4 is 11.6 Å². The Morgan fingerprint density at radius 3 is 2.75 bits per heavy atom. The van der Waals surface area contributed by atoms with Gasteiger partial charge >= 0.3 is 0 Å². The monoisotopic (exact) mass is 141 g/mol. The van der Waals surface area contributed by atoms with Gasteiger partial charge in [-0.2, -0.15) is 0 Å². The molecule has 1 atom stereocenters. The third kappa shape index (κ3) is 4.41. The maximum Gasteiger partial charge on any atom is 0.0394 e. The molecule has 50 valence electrons. The van der Waals surface area contributed by atoms with E-state index in [-0.39, 0.29) is 18.3 Å². The Hall–Kier alpha value is 0.250. The fourth-order valence-electron chi connectivity index (χ4n) is 0.360. The molecule has 0 aromatic carbocycles. The molecule has 0 rings (SSSR count). The van der Waals surface area contributed by atoms with Crippen molar-refractivity contribution in [2.45, 2.75) is 6.92 Å². The van der Waals surface area contributed by atoms with Crippen molar-refractivity contribution in [3.8, 4) is 0 Å². The van der Waals surface area contributed by atoms with Crippen LogP contribution in [0, 0.1) is 5.92 Å². The van der Waals surface area contributed by atoms with Crippen molar-refractivity contribution in [1.29, 1.82) is 0 Å². The molecule has 0 saturated carbocycles. The highest BCUT2D eigenvalue weighted by atomic mass is 35.5. The molecule has 0 spiro atoms. The van der Waals surface area contributed by atoms with E-state index in [1.807, 2.05) is 0 Å². The lowest BCUT2D eigenvalue weighted by Gasteiger charge is -2.13. The standard InChI is InChI=1S/C6H14ClN/c1-6(4-7)5-8(2)3/h6H,4-5H2,1-3H3/i2D3,3D3. The molecule has 0 heterocycles. The molecule has 0 fully saturated rings. The van der Waals surface area contributed by atoms with Gasteiger partial charge in [0.15, 0.2) is 0 Å². The van der Waals surface area contributed by atoms with Gasteiger partial charge in [-0.1, -0.05) is 6.92 Å². The van der Waals surface area contributed by atoms with E-state index in [1.54, 1.807) is 6.92 Å². The van der Waals surface area contributed by atoms with E-state index in [0.717, 1.165) is 0 Å². The first-order valence-corrected chi connectivity index (χ1v) is 2.96. The molecule has 1 unspecified atom stereocenters. The van der Waals surface area contributed by atoms with E-state index in [2.05, 4.69) is 0 Å². The first-order chi connectivity index (χ1) is 6.09. The maximum atomic E-state index is 7.07. The third-order valence-corrected chi connectivity index (χ3v) is 1.28. The van der Waals surface area contributed by atoms with Gasteiger partial charge in [0.05, 0.1) is 0 Å². The van der Waals surface area contributed by atoms with Gasteiger partial charge in [0, 0.05) is 20.6 Å². The Kier molecular flexibility index (Phi) is 1.28. The van der Waals surface area contributed by atoms with E-state index < -0.39 is 14.0 Å². The van der Waals surface area contributed by atoms with Gasteiger partial charge in [0.2, 0.25) is 0 Å². The SMILES string of the molecule is [2H]C([2H])([2H])N(CC(C)CCl)C([2H])([2H])[2H]. The second kappa shape index (κ2) is 4.16. The van der Waals surface area contributed by atoms with Crippen molar-refractivity contribution in [1.82, 2.24) is 4.90 Å². The highest BCUT2D eigenvalue weighted by Gasteiger charge is 1.98. The predicted molar refractivity (Wildman–Crippen MR) is 38.4 cm³/mol. The van der Waals surface area contributed by atoms with E-state index in [1.165, 1.54) is 0 Å². The second-order valence-corrected chi connectivity index (χ2v) is 2.18. The van der Waals surface area contributed by atoms with Gasteiger partial charge in [0.1, 0.15) is 0 Å². The third-order valence-electron chi connectivity index (χ3n) is 0.758. The van der Waals surface area contributed by atoms with Gasteiger partial charge in [-0.25, -0.2) is 0 Å². The van der Waals surface area contributed by atoms with Gasteiger partial charge in [-0.3, -0.25) is 0 Å². The van der Waals surface area contributed by atoms with Crippen LogP contribution in [-0.4, -0.2) is 31.3 Å². The predicted octanol–water partition coefficient (Wildman–Crippen LogP) is 1.42. The van der Waals surface area contributed by atoms with Crippen LogP contribution in [-0.2, 0) is 0 Å². The van der Waals surface area contributed by atoms with Crippen LogP contribution in [0.5, 0.6) is 0 Å². The summed E-state index contributed by atoms with van der Waals surface area (Å²) in [6.07, 6.45) is 0. The normalized spacial score (nSPS) is 28.9. The number of halogens is 1. The summed E-state index contributed by atoms with van der Waals surface area (Å²) >= 11 is 5.50. The first-order valence-electron chi connectivity index (χ1n) is 5.42. The molecule has 2 heteroatoms. The molecule has 1 nitrogen and oxygen atoms in total. The zero-order valence-corrected chi connectivity index (χ0v) is 5.57. The Morgan fingerprint density at radius 2 is 2.38 bits per heavy atom. The average Bonchev–Trinajstić information content (AvgIpc) is 1.95. The minimum atomic E-state index is -2.61. The molecule has 0 bridgehead atoms. The maximum absolute atomic E-state index is 7.07. The quantitative estimate of drug-likeness (QED) is 0.538. The summed E-state index contributed by atoms with van der Waals surface area (Å²) in [4.78, 5) is 0.521. The van der Waals surface area contributed by atoms with Gasteiger partial charge in [-0.15, -0.1) is 11.6 Å². The molecule has 0 aromatic heterocycles. The average molecular weight is 142 g/mol. The van der Waals surface area contributed by atoms with Crippen LogP contribution in [0.1, 0.15) is 15.1 Å². The smallest absolute Gasteiger partial charge is 0.0394 e. The van der Waals surface area contributed by atoms with Crippen LogP contribution in [0.2, 0.25) is 0 Å². The lowest BCUT2D eigenvalue weighted by Crippen LogP contribution is -2.20. The van der Waals surface area contributed by atoms with E-state index >= 15 is 0 Å². The van der Waals surface area contributed by atoms with Crippen LogP contribution in [0.15, 0.2) is 0 Å². The number of hydrogen-bond acceptors (Lipinski definition) is 1. The fourth-order valence-corrected chi connectivity index (χ4v) is 0.458. The molecule has 0 aromatic rings. The van der Waals surface area contributed by atoms with Gasteiger partial charge in [0.25, 0.3) is 0 Å². The van der Waals surface area contributed by atoms with Crippen LogP contribution < -0.4 is 0 Å². The molecule has 8 heavy (non-hydrogen) atoms. The van der Waals surface area contributed by atoms with Crippen molar-refractivity contribution in [3.05, 3.63) is 0 Å². The number of nitrogens with zero attached hydrogens (tertiary/aromatic N) is 1. The Bertz CT molecular complexity index is 162. The fraction of sp³-hybridized carbons (Fsp3) is 1.00. The minimum Gasteiger partial charge on any atom is -0.309 e. The summed E-state index contributed by atoms with van der Waals surface area (Å²) < 4.78 is 42.4. The number of rotatable bonds is 3. The second-order valence-electron chi connectivity index (χ2n) is 1.87. The molecular weight excluding hydrogens is 122 g/mol. The topological polar surface area (TPSA) is 3.24 Å². The van der Waals surface area contributed by atoms with Gasteiger partial charge < -0.3 is 4.90 Å².